The minimum Gasteiger partial charge on any atom is -0.451 e. The van der Waals surface area contributed by atoms with Gasteiger partial charge in [-0.15, -0.1) is 11.8 Å². The molecule has 1 N–H and O–H groups in total. The first-order chi connectivity index (χ1) is 14.6. The van der Waals surface area contributed by atoms with Gasteiger partial charge in [-0.1, -0.05) is 60.7 Å². The largest absolute Gasteiger partial charge is 0.451 e. The van der Waals surface area contributed by atoms with Gasteiger partial charge in [-0.05, 0) is 36.8 Å². The minimum atomic E-state index is -1.02. The van der Waals surface area contributed by atoms with Gasteiger partial charge in [0.1, 0.15) is 11.3 Å². The predicted molar refractivity (Wildman–Crippen MR) is 117 cm³/mol. The minimum absolute atomic E-state index is 0.339. The standard InChI is InChI=1S/C24H20N2O3S/c1-17(23(27)26-21-15-9-8-12-19(21)16-25)29-24(28)22(18-10-4-2-5-11-18)30-20-13-6-3-7-14-20/h2-15,17,22H,1H3,(H,26,27)/t17-,22+/m0/s1. The van der Waals surface area contributed by atoms with Gasteiger partial charge in [-0.3, -0.25) is 9.59 Å². The Bertz CT molecular complexity index is 1050. The third-order valence-corrected chi connectivity index (χ3v) is 5.53. The number of carbonyl (C=O) groups excluding carboxylic acids is 2. The zero-order chi connectivity index (χ0) is 21.3. The van der Waals surface area contributed by atoms with E-state index in [0.29, 0.717) is 11.3 Å². The van der Waals surface area contributed by atoms with Crippen molar-refractivity contribution in [2.24, 2.45) is 0 Å². The second-order valence-corrected chi connectivity index (χ2v) is 7.63. The van der Waals surface area contributed by atoms with Crippen molar-refractivity contribution in [1.29, 1.82) is 5.26 Å². The van der Waals surface area contributed by atoms with E-state index in [1.165, 1.54) is 18.7 Å². The Labute approximate surface area is 179 Å². The highest BCUT2D eigenvalue weighted by molar-refractivity contribution is 8.00. The average Bonchev–Trinajstić information content (AvgIpc) is 2.79. The van der Waals surface area contributed by atoms with E-state index in [-0.39, 0.29) is 0 Å². The molecule has 2 atom stereocenters. The van der Waals surface area contributed by atoms with Crippen LogP contribution in [0.4, 0.5) is 5.69 Å². The molecule has 0 aliphatic rings. The molecule has 0 radical (unpaired) electrons. The van der Waals surface area contributed by atoms with Crippen LogP contribution in [0.5, 0.6) is 0 Å². The number of nitrogens with one attached hydrogen (secondary N) is 1. The smallest absolute Gasteiger partial charge is 0.324 e. The number of anilines is 1. The maximum absolute atomic E-state index is 13.0. The number of para-hydroxylation sites is 1. The van der Waals surface area contributed by atoms with Gasteiger partial charge in [0, 0.05) is 4.90 Å². The Morgan fingerprint density at radius 1 is 0.933 bits per heavy atom. The molecule has 3 aromatic carbocycles. The Balaban J connectivity index is 1.73. The monoisotopic (exact) mass is 416 g/mol. The molecule has 150 valence electrons. The van der Waals surface area contributed by atoms with E-state index < -0.39 is 23.2 Å². The fourth-order valence-corrected chi connectivity index (χ4v) is 3.76. The molecular formula is C24H20N2O3S. The van der Waals surface area contributed by atoms with Crippen molar-refractivity contribution in [2.45, 2.75) is 23.2 Å². The summed E-state index contributed by atoms with van der Waals surface area (Å²) in [6.07, 6.45) is -1.02. The summed E-state index contributed by atoms with van der Waals surface area (Å²) in [5.74, 6) is -1.01. The molecule has 0 aliphatic heterocycles. The van der Waals surface area contributed by atoms with Gasteiger partial charge in [0.05, 0.1) is 11.3 Å². The molecule has 3 rings (SSSR count). The second kappa shape index (κ2) is 10.3. The van der Waals surface area contributed by atoms with Crippen molar-refractivity contribution >= 4 is 29.3 Å². The van der Waals surface area contributed by atoms with Crippen LogP contribution in [0, 0.1) is 11.3 Å². The summed E-state index contributed by atoms with van der Waals surface area (Å²) < 4.78 is 5.49. The van der Waals surface area contributed by atoms with Crippen LogP contribution in [0.1, 0.15) is 23.3 Å². The summed E-state index contributed by atoms with van der Waals surface area (Å²) in [5, 5.41) is 11.2. The number of carbonyl (C=O) groups is 2. The van der Waals surface area contributed by atoms with Crippen LogP contribution in [0.25, 0.3) is 0 Å². The van der Waals surface area contributed by atoms with Gasteiger partial charge in [-0.25, -0.2) is 0 Å². The molecule has 0 bridgehead atoms. The molecule has 1 amide bonds. The van der Waals surface area contributed by atoms with E-state index in [9.17, 15) is 9.59 Å². The maximum atomic E-state index is 13.0. The Kier molecular flexibility index (Phi) is 7.25. The zero-order valence-electron chi connectivity index (χ0n) is 16.3. The summed E-state index contributed by atoms with van der Waals surface area (Å²) in [6, 6.07) is 27.5. The summed E-state index contributed by atoms with van der Waals surface area (Å²) in [7, 11) is 0. The lowest BCUT2D eigenvalue weighted by molar-refractivity contribution is -0.152. The summed E-state index contributed by atoms with van der Waals surface area (Å²) in [6.45, 7) is 1.51. The van der Waals surface area contributed by atoms with Crippen molar-refractivity contribution in [3.05, 3.63) is 96.1 Å². The predicted octanol–water partition coefficient (Wildman–Crippen LogP) is 4.96. The number of benzene rings is 3. The van der Waals surface area contributed by atoms with Crippen molar-refractivity contribution in [3.8, 4) is 6.07 Å². The van der Waals surface area contributed by atoms with Crippen LogP contribution in [-0.2, 0) is 14.3 Å². The first kappa shape index (κ1) is 21.2. The third kappa shape index (κ3) is 5.49. The SMILES string of the molecule is C[C@H](OC(=O)[C@H](Sc1ccccc1)c1ccccc1)C(=O)Nc1ccccc1C#N. The number of esters is 1. The molecule has 0 aromatic heterocycles. The van der Waals surface area contributed by atoms with Gasteiger partial charge < -0.3 is 10.1 Å². The van der Waals surface area contributed by atoms with E-state index in [1.807, 2.05) is 66.7 Å². The number of hydrogen-bond donors (Lipinski definition) is 1. The van der Waals surface area contributed by atoms with Gasteiger partial charge in [-0.2, -0.15) is 5.26 Å². The lowest BCUT2D eigenvalue weighted by Gasteiger charge is -2.19. The van der Waals surface area contributed by atoms with Crippen LogP contribution in [0.15, 0.2) is 89.8 Å². The third-order valence-electron chi connectivity index (χ3n) is 4.28. The molecular weight excluding hydrogens is 396 g/mol. The first-order valence-electron chi connectivity index (χ1n) is 9.35. The Hall–Kier alpha value is -3.56. The highest BCUT2D eigenvalue weighted by Crippen LogP contribution is 2.36. The fraction of sp³-hybridized carbons (Fsp3) is 0.125. The molecule has 0 aliphatic carbocycles. The molecule has 0 saturated carbocycles. The van der Waals surface area contributed by atoms with Crippen molar-refractivity contribution in [2.75, 3.05) is 5.32 Å². The number of ether oxygens (including phenoxy) is 1. The first-order valence-corrected chi connectivity index (χ1v) is 10.2. The van der Waals surface area contributed by atoms with Crippen LogP contribution >= 0.6 is 11.8 Å². The highest BCUT2D eigenvalue weighted by Gasteiger charge is 2.27. The molecule has 0 fully saturated rings. The van der Waals surface area contributed by atoms with Crippen molar-refractivity contribution in [3.63, 3.8) is 0 Å². The van der Waals surface area contributed by atoms with Crippen molar-refractivity contribution < 1.29 is 14.3 Å². The second-order valence-electron chi connectivity index (χ2n) is 6.45. The van der Waals surface area contributed by atoms with E-state index in [1.54, 1.807) is 24.3 Å². The lowest BCUT2D eigenvalue weighted by Crippen LogP contribution is -2.31. The number of hydrogen-bond acceptors (Lipinski definition) is 5. The average molecular weight is 417 g/mol. The van der Waals surface area contributed by atoms with Gasteiger partial charge in [0.2, 0.25) is 0 Å². The Morgan fingerprint density at radius 3 is 2.20 bits per heavy atom. The summed E-state index contributed by atoms with van der Waals surface area (Å²) in [5.41, 5.74) is 1.51. The molecule has 3 aromatic rings. The zero-order valence-corrected chi connectivity index (χ0v) is 17.1. The molecule has 6 heteroatoms. The number of nitriles is 1. The molecule has 0 saturated heterocycles. The van der Waals surface area contributed by atoms with Crippen LogP contribution in [0.3, 0.4) is 0 Å². The molecule has 5 nitrogen and oxygen atoms in total. The van der Waals surface area contributed by atoms with Crippen molar-refractivity contribution in [1.82, 2.24) is 0 Å². The molecule has 0 spiro atoms. The van der Waals surface area contributed by atoms with Gasteiger partial charge >= 0.3 is 5.97 Å². The number of nitrogens with zero attached hydrogens (tertiary/aromatic N) is 1. The number of thioether (sulfide) groups is 1. The van der Waals surface area contributed by atoms with E-state index in [4.69, 9.17) is 10.00 Å². The van der Waals surface area contributed by atoms with Crippen LogP contribution < -0.4 is 5.32 Å². The number of amides is 1. The van der Waals surface area contributed by atoms with Gasteiger partial charge in [0.25, 0.3) is 5.91 Å². The molecule has 0 heterocycles. The van der Waals surface area contributed by atoms with Crippen LogP contribution in [0.2, 0.25) is 0 Å². The lowest BCUT2D eigenvalue weighted by atomic mass is 10.1. The van der Waals surface area contributed by atoms with Gasteiger partial charge in [0.15, 0.2) is 6.10 Å². The fourth-order valence-electron chi connectivity index (χ4n) is 2.73. The number of rotatable bonds is 7. The molecule has 30 heavy (non-hydrogen) atoms. The molecule has 0 unspecified atom stereocenters. The quantitative estimate of drug-likeness (QED) is 0.435. The topological polar surface area (TPSA) is 79.2 Å². The van der Waals surface area contributed by atoms with E-state index >= 15 is 0 Å². The summed E-state index contributed by atoms with van der Waals surface area (Å²) in [4.78, 5) is 26.4. The Morgan fingerprint density at radius 2 is 1.53 bits per heavy atom. The van der Waals surface area contributed by atoms with E-state index in [0.717, 1.165) is 10.5 Å². The summed E-state index contributed by atoms with van der Waals surface area (Å²) >= 11 is 1.36. The van der Waals surface area contributed by atoms with Crippen LogP contribution in [-0.4, -0.2) is 18.0 Å². The normalized spacial score (nSPS) is 12.3. The highest BCUT2D eigenvalue weighted by atomic mass is 32.2. The van der Waals surface area contributed by atoms with E-state index in [2.05, 4.69) is 5.32 Å². The maximum Gasteiger partial charge on any atom is 0.324 e.